The van der Waals surface area contributed by atoms with Gasteiger partial charge in [-0.1, -0.05) is 121 Å². The van der Waals surface area contributed by atoms with Crippen LogP contribution >= 0.6 is 0 Å². The maximum Gasteiger partial charge on any atom is 0.126 e. The predicted molar refractivity (Wildman–Crippen MR) is 248 cm³/mol. The lowest BCUT2D eigenvalue weighted by Crippen LogP contribution is -2.14. The van der Waals surface area contributed by atoms with E-state index in [0.717, 1.165) is 0 Å². The summed E-state index contributed by atoms with van der Waals surface area (Å²) >= 11 is 0. The molecule has 0 atom stereocenters. The topological polar surface area (TPSA) is 162 Å². The predicted octanol–water partition coefficient (Wildman–Crippen LogP) is 11.6. The SMILES string of the molecule is Cc1c(O)c2cc(c1O)C(c1ccccc1)c1cc(c(O)c(C)c1O)C(c1ccccc1)c1cc(c(O)c(C)c1O)C(c1ccccc1)c1cc(c(O)c(C)c1O)C2c1ccccc1. The summed E-state index contributed by atoms with van der Waals surface area (Å²) in [6.45, 7) is 6.44. The smallest absolute Gasteiger partial charge is 0.126 e. The number of phenolic OH excluding ortho intramolecular Hbond substituents is 8. The molecule has 0 unspecified atom stereocenters. The van der Waals surface area contributed by atoms with Crippen molar-refractivity contribution in [2.75, 3.05) is 0 Å². The van der Waals surface area contributed by atoms with Crippen LogP contribution in [-0.4, -0.2) is 40.9 Å². The highest BCUT2D eigenvalue weighted by Crippen LogP contribution is 2.56. The monoisotopic (exact) mass is 848 g/mol. The summed E-state index contributed by atoms with van der Waals surface area (Å²) in [5.41, 5.74) is 5.97. The van der Waals surface area contributed by atoms with Crippen LogP contribution < -0.4 is 0 Å². The van der Waals surface area contributed by atoms with Gasteiger partial charge in [0.05, 0.1) is 0 Å². The molecule has 0 amide bonds. The summed E-state index contributed by atoms with van der Waals surface area (Å²) in [4.78, 5) is 0. The molecule has 0 aromatic heterocycles. The molecule has 8 heteroatoms. The largest absolute Gasteiger partial charge is 0.507 e. The summed E-state index contributed by atoms with van der Waals surface area (Å²) in [6, 6.07) is 44.1. The fourth-order valence-corrected chi connectivity index (χ4v) is 9.85. The van der Waals surface area contributed by atoms with Gasteiger partial charge in [-0.3, -0.25) is 0 Å². The minimum absolute atomic E-state index is 0.158. The lowest BCUT2D eigenvalue weighted by atomic mass is 9.73. The van der Waals surface area contributed by atoms with Crippen LogP contribution in [0, 0.1) is 27.7 Å². The highest BCUT2D eigenvalue weighted by atomic mass is 16.3. The van der Waals surface area contributed by atoms with Crippen LogP contribution in [0.5, 0.6) is 46.0 Å². The Hall–Kier alpha value is -7.84. The molecule has 1 aliphatic rings. The van der Waals surface area contributed by atoms with Crippen molar-refractivity contribution in [2.24, 2.45) is 0 Å². The van der Waals surface area contributed by atoms with Crippen LogP contribution in [0.4, 0.5) is 0 Å². The molecule has 0 fully saturated rings. The van der Waals surface area contributed by atoms with E-state index >= 15 is 0 Å². The summed E-state index contributed by atoms with van der Waals surface area (Å²) in [7, 11) is 0. The van der Waals surface area contributed by atoms with Crippen LogP contribution in [0.1, 0.15) is 113 Å². The summed E-state index contributed by atoms with van der Waals surface area (Å²) in [5, 5.41) is 98.2. The Balaban J connectivity index is 1.53. The zero-order chi connectivity index (χ0) is 45.1. The van der Waals surface area contributed by atoms with Crippen LogP contribution in [0.2, 0.25) is 0 Å². The molecule has 0 heterocycles. The van der Waals surface area contributed by atoms with Crippen LogP contribution in [0.3, 0.4) is 0 Å². The van der Waals surface area contributed by atoms with Gasteiger partial charge in [-0.05, 0) is 74.2 Å². The second-order valence-electron chi connectivity index (χ2n) is 16.9. The van der Waals surface area contributed by atoms with Gasteiger partial charge in [-0.15, -0.1) is 0 Å². The van der Waals surface area contributed by atoms with E-state index < -0.39 is 23.7 Å². The van der Waals surface area contributed by atoms with E-state index in [9.17, 15) is 40.9 Å². The number of hydrogen-bond donors (Lipinski definition) is 8. The summed E-state index contributed by atoms with van der Waals surface area (Å²) in [5.74, 6) is -5.39. The first-order chi connectivity index (χ1) is 30.8. The Morgan fingerprint density at radius 1 is 0.234 bits per heavy atom. The molecule has 320 valence electrons. The molecule has 8 bridgehead atoms. The van der Waals surface area contributed by atoms with Gasteiger partial charge in [0.2, 0.25) is 0 Å². The molecule has 0 saturated carbocycles. The third-order valence-electron chi connectivity index (χ3n) is 13.3. The highest BCUT2D eigenvalue weighted by molar-refractivity contribution is 5.71. The van der Waals surface area contributed by atoms with Gasteiger partial charge in [0, 0.05) is 90.4 Å². The normalized spacial score (nSPS) is 16.9. The Bertz CT molecular complexity index is 2540. The number of hydrogen-bond acceptors (Lipinski definition) is 8. The zero-order valence-electron chi connectivity index (χ0n) is 35.7. The average molecular weight is 849 g/mol. The number of phenols is 8. The number of fused-ring (bicyclic) bond motifs is 8. The standard InChI is InChI=1S/C56H48O8/c1-29-49(57)37-25-38(50(29)58)46(34-19-11-6-12-20-34)40-27-42(54(62)31(3)52(40)60)48(36-23-15-8-16-24-36)44-28-43(55(63)32(4)56(44)64)47(35-21-13-7-14-22-35)41-26-39(51(59)30(2)53(41)61)45(37)33-17-9-5-10-18-33/h5-28,45-48,57-64H,1-4H3. The van der Waals surface area contributed by atoms with Crippen molar-refractivity contribution in [1.29, 1.82) is 0 Å². The lowest BCUT2D eigenvalue weighted by Gasteiger charge is -2.31. The van der Waals surface area contributed by atoms with Crippen molar-refractivity contribution in [3.05, 3.63) is 235 Å². The molecule has 0 spiro atoms. The third-order valence-corrected chi connectivity index (χ3v) is 13.3. The average Bonchev–Trinajstić information content (AvgIpc) is 3.32. The molecule has 1 aliphatic carbocycles. The number of rotatable bonds is 4. The molecular formula is C56H48O8. The summed E-state index contributed by atoms with van der Waals surface area (Å²) in [6.07, 6.45) is 0. The molecule has 8 aromatic rings. The lowest BCUT2D eigenvalue weighted by molar-refractivity contribution is 0.423. The maximum atomic E-state index is 12.3. The van der Waals surface area contributed by atoms with Gasteiger partial charge in [-0.2, -0.15) is 0 Å². The van der Waals surface area contributed by atoms with Gasteiger partial charge < -0.3 is 40.9 Å². The van der Waals surface area contributed by atoms with E-state index in [1.54, 1.807) is 52.0 Å². The first-order valence-corrected chi connectivity index (χ1v) is 21.2. The van der Waals surface area contributed by atoms with Gasteiger partial charge in [0.1, 0.15) is 46.0 Å². The van der Waals surface area contributed by atoms with Crippen molar-refractivity contribution in [3.8, 4) is 46.0 Å². The molecule has 64 heavy (non-hydrogen) atoms. The second-order valence-corrected chi connectivity index (χ2v) is 16.9. The van der Waals surface area contributed by atoms with Crippen molar-refractivity contribution in [2.45, 2.75) is 51.4 Å². The van der Waals surface area contributed by atoms with Gasteiger partial charge in [-0.25, -0.2) is 0 Å². The van der Waals surface area contributed by atoms with Crippen LogP contribution in [-0.2, 0) is 0 Å². The van der Waals surface area contributed by atoms with Gasteiger partial charge >= 0.3 is 0 Å². The minimum atomic E-state index is -0.906. The van der Waals surface area contributed by atoms with E-state index in [-0.39, 0.29) is 68.2 Å². The van der Waals surface area contributed by atoms with Gasteiger partial charge in [0.25, 0.3) is 0 Å². The number of benzene rings is 8. The molecule has 8 N–H and O–H groups in total. The molecular weight excluding hydrogens is 801 g/mol. The van der Waals surface area contributed by atoms with E-state index in [1.165, 1.54) is 0 Å². The van der Waals surface area contributed by atoms with E-state index in [4.69, 9.17) is 0 Å². The quantitative estimate of drug-likeness (QED) is 0.0868. The Labute approximate surface area is 371 Å². The van der Waals surface area contributed by atoms with Crippen LogP contribution in [0.25, 0.3) is 0 Å². The fourth-order valence-electron chi connectivity index (χ4n) is 9.85. The van der Waals surface area contributed by atoms with E-state index in [1.807, 2.05) is 121 Å². The van der Waals surface area contributed by atoms with Gasteiger partial charge in [0.15, 0.2) is 0 Å². The van der Waals surface area contributed by atoms with Crippen LogP contribution in [0.15, 0.2) is 146 Å². The molecule has 9 rings (SSSR count). The maximum absolute atomic E-state index is 12.3. The molecule has 0 saturated heterocycles. The molecule has 8 nitrogen and oxygen atoms in total. The van der Waals surface area contributed by atoms with Crippen molar-refractivity contribution in [3.63, 3.8) is 0 Å². The van der Waals surface area contributed by atoms with E-state index in [2.05, 4.69) is 0 Å². The Morgan fingerprint density at radius 3 is 0.516 bits per heavy atom. The summed E-state index contributed by atoms with van der Waals surface area (Å²) < 4.78 is 0. The Kier molecular flexibility index (Phi) is 10.5. The molecule has 0 aliphatic heterocycles. The first-order valence-electron chi connectivity index (χ1n) is 21.2. The third kappa shape index (κ3) is 6.61. The minimum Gasteiger partial charge on any atom is -0.507 e. The highest BCUT2D eigenvalue weighted by Gasteiger charge is 2.37. The Morgan fingerprint density at radius 2 is 0.375 bits per heavy atom. The second kappa shape index (κ2) is 16.1. The van der Waals surface area contributed by atoms with Crippen molar-refractivity contribution < 1.29 is 40.9 Å². The van der Waals surface area contributed by atoms with E-state index in [0.29, 0.717) is 66.8 Å². The zero-order valence-corrected chi connectivity index (χ0v) is 35.7. The fraction of sp³-hybridized carbons (Fsp3) is 0.143. The van der Waals surface area contributed by atoms with Crippen molar-refractivity contribution >= 4 is 0 Å². The molecule has 8 aromatic carbocycles. The first kappa shape index (κ1) is 41.5. The van der Waals surface area contributed by atoms with Crippen molar-refractivity contribution in [1.82, 2.24) is 0 Å². The molecule has 0 radical (unpaired) electrons. The number of aromatic hydroxyl groups is 8.